The highest BCUT2D eigenvalue weighted by molar-refractivity contribution is 6.30. The Morgan fingerprint density at radius 1 is 1.11 bits per heavy atom. The maximum atomic E-state index is 13.2. The van der Waals surface area contributed by atoms with Crippen LogP contribution in [-0.4, -0.2) is 43.0 Å². The van der Waals surface area contributed by atoms with Crippen LogP contribution in [0, 0.1) is 11.6 Å². The summed E-state index contributed by atoms with van der Waals surface area (Å²) < 4.78 is 26.2. The fraction of sp³-hybridized carbons (Fsp3) is 0.350. The molecule has 1 unspecified atom stereocenters. The molecule has 0 bridgehead atoms. The summed E-state index contributed by atoms with van der Waals surface area (Å²) in [5.41, 5.74) is 1.74. The SMILES string of the molecule is CC(C(=O)NCc1ccc(F)c(Cl)c1)N1CCN(c2ccc(F)cc2)CC1. The van der Waals surface area contributed by atoms with E-state index in [2.05, 4.69) is 15.1 Å². The molecule has 27 heavy (non-hydrogen) atoms. The first-order valence-corrected chi connectivity index (χ1v) is 9.28. The third-order valence-electron chi connectivity index (χ3n) is 4.88. The average molecular weight is 394 g/mol. The van der Waals surface area contributed by atoms with E-state index < -0.39 is 5.82 Å². The average Bonchev–Trinajstić information content (AvgIpc) is 2.69. The fourth-order valence-electron chi connectivity index (χ4n) is 3.17. The highest BCUT2D eigenvalue weighted by Crippen LogP contribution is 2.18. The van der Waals surface area contributed by atoms with Gasteiger partial charge < -0.3 is 10.2 Å². The van der Waals surface area contributed by atoms with Crippen molar-refractivity contribution in [1.29, 1.82) is 0 Å². The summed E-state index contributed by atoms with van der Waals surface area (Å²) in [6, 6.07) is 10.6. The molecule has 1 heterocycles. The second-order valence-corrected chi connectivity index (χ2v) is 7.05. The van der Waals surface area contributed by atoms with Crippen LogP contribution >= 0.6 is 11.6 Å². The second-order valence-electron chi connectivity index (χ2n) is 6.64. The van der Waals surface area contributed by atoms with Gasteiger partial charge in [0.2, 0.25) is 5.91 Å². The molecule has 144 valence electrons. The zero-order valence-corrected chi connectivity index (χ0v) is 15.8. The van der Waals surface area contributed by atoms with Gasteiger partial charge in [0.1, 0.15) is 11.6 Å². The molecule has 0 aromatic heterocycles. The molecule has 2 aromatic rings. The lowest BCUT2D eigenvalue weighted by molar-refractivity contribution is -0.126. The Kier molecular flexibility index (Phi) is 6.29. The molecule has 3 rings (SSSR count). The van der Waals surface area contributed by atoms with Gasteiger partial charge in [0, 0.05) is 38.4 Å². The zero-order valence-electron chi connectivity index (χ0n) is 15.1. The smallest absolute Gasteiger partial charge is 0.237 e. The Morgan fingerprint density at radius 3 is 2.41 bits per heavy atom. The van der Waals surface area contributed by atoms with Crippen molar-refractivity contribution in [3.05, 3.63) is 64.7 Å². The van der Waals surface area contributed by atoms with Crippen LogP contribution in [0.3, 0.4) is 0 Å². The molecule has 0 spiro atoms. The van der Waals surface area contributed by atoms with Crippen molar-refractivity contribution in [3.8, 4) is 0 Å². The Hall–Kier alpha value is -2.18. The van der Waals surface area contributed by atoms with E-state index in [4.69, 9.17) is 11.6 Å². The monoisotopic (exact) mass is 393 g/mol. The Balaban J connectivity index is 1.49. The molecular formula is C20H22ClF2N3O. The topological polar surface area (TPSA) is 35.6 Å². The number of rotatable bonds is 5. The van der Waals surface area contributed by atoms with Crippen molar-refractivity contribution in [3.63, 3.8) is 0 Å². The van der Waals surface area contributed by atoms with Crippen molar-refractivity contribution in [2.45, 2.75) is 19.5 Å². The number of hydrogen-bond acceptors (Lipinski definition) is 3. The molecule has 1 saturated heterocycles. The van der Waals surface area contributed by atoms with Gasteiger partial charge in [-0.15, -0.1) is 0 Å². The van der Waals surface area contributed by atoms with Crippen molar-refractivity contribution in [2.75, 3.05) is 31.1 Å². The normalized spacial score (nSPS) is 16.2. The lowest BCUT2D eigenvalue weighted by Gasteiger charge is -2.38. The number of amides is 1. The van der Waals surface area contributed by atoms with Crippen molar-refractivity contribution < 1.29 is 13.6 Å². The second kappa shape index (κ2) is 8.67. The van der Waals surface area contributed by atoms with Crippen LogP contribution in [0.2, 0.25) is 5.02 Å². The van der Waals surface area contributed by atoms with E-state index in [-0.39, 0.29) is 22.8 Å². The third kappa shape index (κ3) is 4.96. The van der Waals surface area contributed by atoms with Crippen LogP contribution in [-0.2, 0) is 11.3 Å². The van der Waals surface area contributed by atoms with Crippen LogP contribution in [0.4, 0.5) is 14.5 Å². The van der Waals surface area contributed by atoms with Gasteiger partial charge in [0.25, 0.3) is 0 Å². The maximum Gasteiger partial charge on any atom is 0.237 e. The first-order valence-electron chi connectivity index (χ1n) is 8.90. The van der Waals surface area contributed by atoms with Crippen LogP contribution in [0.5, 0.6) is 0 Å². The number of nitrogens with one attached hydrogen (secondary N) is 1. The summed E-state index contributed by atoms with van der Waals surface area (Å²) in [4.78, 5) is 16.7. The van der Waals surface area contributed by atoms with Gasteiger partial charge in [0.15, 0.2) is 0 Å². The lowest BCUT2D eigenvalue weighted by Crippen LogP contribution is -2.53. The van der Waals surface area contributed by atoms with E-state index in [0.717, 1.165) is 37.4 Å². The molecule has 0 saturated carbocycles. The zero-order chi connectivity index (χ0) is 19.4. The number of nitrogens with zero attached hydrogens (tertiary/aromatic N) is 2. The van der Waals surface area contributed by atoms with Gasteiger partial charge in [-0.3, -0.25) is 9.69 Å². The number of carbonyl (C=O) groups excluding carboxylic acids is 1. The highest BCUT2D eigenvalue weighted by atomic mass is 35.5. The van der Waals surface area contributed by atoms with Gasteiger partial charge in [-0.2, -0.15) is 0 Å². The predicted octanol–water partition coefficient (Wildman–Crippen LogP) is 3.45. The quantitative estimate of drug-likeness (QED) is 0.845. The summed E-state index contributed by atoms with van der Waals surface area (Å²) in [6.45, 7) is 5.22. The minimum Gasteiger partial charge on any atom is -0.369 e. The van der Waals surface area contributed by atoms with Crippen molar-refractivity contribution in [2.24, 2.45) is 0 Å². The van der Waals surface area contributed by atoms with E-state index >= 15 is 0 Å². The van der Waals surface area contributed by atoms with E-state index in [1.807, 2.05) is 6.92 Å². The number of benzene rings is 2. The van der Waals surface area contributed by atoms with Crippen LogP contribution < -0.4 is 10.2 Å². The molecule has 1 N–H and O–H groups in total. The number of carbonyl (C=O) groups is 1. The van der Waals surface area contributed by atoms with E-state index in [1.165, 1.54) is 24.3 Å². The maximum absolute atomic E-state index is 13.2. The summed E-state index contributed by atoms with van der Waals surface area (Å²) in [5.74, 6) is -0.796. The first kappa shape index (κ1) is 19.6. The number of halogens is 3. The van der Waals surface area contributed by atoms with Crippen molar-refractivity contribution >= 4 is 23.2 Å². The molecular weight excluding hydrogens is 372 g/mol. The molecule has 1 atom stereocenters. The first-order chi connectivity index (χ1) is 12.9. The largest absolute Gasteiger partial charge is 0.369 e. The standard InChI is InChI=1S/C20H22ClF2N3O/c1-14(20(27)24-13-15-2-7-19(23)18(21)12-15)25-8-10-26(11-9-25)17-5-3-16(22)4-6-17/h2-7,12,14H,8-11,13H2,1H3,(H,24,27). The molecule has 7 heteroatoms. The molecule has 4 nitrogen and oxygen atoms in total. The number of anilines is 1. The molecule has 1 amide bonds. The molecule has 1 fully saturated rings. The molecule has 1 aliphatic heterocycles. The van der Waals surface area contributed by atoms with Gasteiger partial charge in [-0.1, -0.05) is 17.7 Å². The summed E-state index contributed by atoms with van der Waals surface area (Å²) >= 11 is 5.76. The Morgan fingerprint density at radius 2 is 1.78 bits per heavy atom. The van der Waals surface area contributed by atoms with Crippen LogP contribution in [0.15, 0.2) is 42.5 Å². The molecule has 2 aromatic carbocycles. The predicted molar refractivity (Wildman–Crippen MR) is 103 cm³/mol. The third-order valence-corrected chi connectivity index (χ3v) is 5.17. The Labute approximate surface area is 162 Å². The Bertz CT molecular complexity index is 792. The van der Waals surface area contributed by atoms with E-state index in [0.29, 0.717) is 6.54 Å². The number of hydrogen-bond donors (Lipinski definition) is 1. The molecule has 0 aliphatic carbocycles. The minimum atomic E-state index is -0.473. The van der Waals surface area contributed by atoms with E-state index in [9.17, 15) is 13.6 Å². The van der Waals surface area contributed by atoms with Gasteiger partial charge in [-0.05, 0) is 48.9 Å². The van der Waals surface area contributed by atoms with Crippen LogP contribution in [0.1, 0.15) is 12.5 Å². The van der Waals surface area contributed by atoms with Crippen LogP contribution in [0.25, 0.3) is 0 Å². The molecule has 0 radical (unpaired) electrons. The van der Waals surface area contributed by atoms with Gasteiger partial charge >= 0.3 is 0 Å². The summed E-state index contributed by atoms with van der Waals surface area (Å²) in [7, 11) is 0. The highest BCUT2D eigenvalue weighted by Gasteiger charge is 2.25. The summed E-state index contributed by atoms with van der Waals surface area (Å²) in [5, 5.41) is 2.92. The fourth-order valence-corrected chi connectivity index (χ4v) is 3.37. The molecule has 1 aliphatic rings. The van der Waals surface area contributed by atoms with Gasteiger partial charge in [-0.25, -0.2) is 8.78 Å². The van der Waals surface area contributed by atoms with Crippen molar-refractivity contribution in [1.82, 2.24) is 10.2 Å². The van der Waals surface area contributed by atoms with Gasteiger partial charge in [0.05, 0.1) is 11.1 Å². The minimum absolute atomic E-state index is 0.0479. The lowest BCUT2D eigenvalue weighted by atomic mass is 10.1. The summed E-state index contributed by atoms with van der Waals surface area (Å²) in [6.07, 6.45) is 0. The number of piperazine rings is 1. The van der Waals surface area contributed by atoms with E-state index in [1.54, 1.807) is 18.2 Å².